The van der Waals surface area contributed by atoms with Crippen molar-refractivity contribution in [3.63, 3.8) is 0 Å². The number of aliphatic hydroxyl groups is 1. The van der Waals surface area contributed by atoms with Crippen LogP contribution in [0.5, 0.6) is 0 Å². The van der Waals surface area contributed by atoms with E-state index in [9.17, 15) is 9.90 Å². The average molecular weight is 206 g/mol. The quantitative estimate of drug-likeness (QED) is 0.765. The van der Waals surface area contributed by atoms with Gasteiger partial charge in [-0.2, -0.15) is 0 Å². The van der Waals surface area contributed by atoms with Gasteiger partial charge in [0.2, 0.25) is 0 Å². The summed E-state index contributed by atoms with van der Waals surface area (Å²) in [6, 6.07) is 7.58. The summed E-state index contributed by atoms with van der Waals surface area (Å²) in [5, 5.41) is 12.9. The highest BCUT2D eigenvalue weighted by molar-refractivity contribution is 7.17. The minimum absolute atomic E-state index is 0.571. The van der Waals surface area contributed by atoms with Gasteiger partial charge in [0.25, 0.3) is 0 Å². The van der Waals surface area contributed by atoms with E-state index in [0.29, 0.717) is 11.8 Å². The third kappa shape index (κ3) is 1.35. The number of fused-ring (bicyclic) bond motifs is 1. The van der Waals surface area contributed by atoms with Crippen molar-refractivity contribution in [1.29, 1.82) is 0 Å². The first-order valence-electron chi connectivity index (χ1n) is 4.30. The van der Waals surface area contributed by atoms with Gasteiger partial charge in [-0.15, -0.1) is 11.3 Å². The van der Waals surface area contributed by atoms with Crippen molar-refractivity contribution in [3.05, 3.63) is 35.2 Å². The van der Waals surface area contributed by atoms with Gasteiger partial charge >= 0.3 is 0 Å². The third-order valence-electron chi connectivity index (χ3n) is 2.25. The second-order valence-electron chi connectivity index (χ2n) is 3.41. The molecule has 2 aromatic rings. The normalized spacial score (nSPS) is 15.3. The van der Waals surface area contributed by atoms with Crippen LogP contribution in [0.2, 0.25) is 0 Å². The van der Waals surface area contributed by atoms with Gasteiger partial charge in [-0.3, -0.25) is 4.79 Å². The lowest BCUT2D eigenvalue weighted by Gasteiger charge is -2.16. The molecular weight excluding hydrogens is 196 g/mol. The molecule has 3 heteroatoms. The van der Waals surface area contributed by atoms with Crippen molar-refractivity contribution in [3.8, 4) is 0 Å². The number of hydrogen-bond donors (Lipinski definition) is 1. The van der Waals surface area contributed by atoms with Gasteiger partial charge in [0, 0.05) is 10.3 Å². The molecule has 0 saturated carbocycles. The van der Waals surface area contributed by atoms with Crippen molar-refractivity contribution >= 4 is 27.7 Å². The van der Waals surface area contributed by atoms with E-state index < -0.39 is 5.60 Å². The maximum absolute atomic E-state index is 10.7. The number of benzene rings is 1. The Bertz CT molecular complexity index is 471. The van der Waals surface area contributed by atoms with Crippen molar-refractivity contribution < 1.29 is 9.90 Å². The van der Waals surface area contributed by atoms with Gasteiger partial charge in [0.1, 0.15) is 5.60 Å². The lowest BCUT2D eigenvalue weighted by Crippen LogP contribution is -2.22. The number of rotatable bonds is 2. The van der Waals surface area contributed by atoms with Crippen LogP contribution >= 0.6 is 11.3 Å². The molecule has 0 radical (unpaired) electrons. The zero-order valence-corrected chi connectivity index (χ0v) is 8.54. The molecule has 0 saturated heterocycles. The lowest BCUT2D eigenvalue weighted by atomic mass is 9.97. The molecule has 0 aliphatic heterocycles. The second kappa shape index (κ2) is 3.19. The van der Waals surface area contributed by atoms with Crippen LogP contribution in [-0.4, -0.2) is 11.4 Å². The number of hydrogen-bond acceptors (Lipinski definition) is 3. The molecule has 2 rings (SSSR count). The van der Waals surface area contributed by atoms with Crippen LogP contribution in [0.25, 0.3) is 10.1 Å². The van der Waals surface area contributed by atoms with E-state index in [1.165, 1.54) is 18.3 Å². The van der Waals surface area contributed by atoms with E-state index in [1.807, 2.05) is 23.6 Å². The molecule has 1 aromatic heterocycles. The Morgan fingerprint density at radius 2 is 2.21 bits per heavy atom. The van der Waals surface area contributed by atoms with E-state index in [-0.39, 0.29) is 0 Å². The first kappa shape index (κ1) is 9.37. The van der Waals surface area contributed by atoms with Crippen LogP contribution in [0, 0.1) is 0 Å². The van der Waals surface area contributed by atoms with Crippen LogP contribution in [-0.2, 0) is 10.4 Å². The van der Waals surface area contributed by atoms with Gasteiger partial charge in [0.15, 0.2) is 6.29 Å². The largest absolute Gasteiger partial charge is 0.378 e. The van der Waals surface area contributed by atoms with Crippen molar-refractivity contribution in [2.45, 2.75) is 12.5 Å². The van der Waals surface area contributed by atoms with Crippen LogP contribution in [0.1, 0.15) is 12.5 Å². The fourth-order valence-corrected chi connectivity index (χ4v) is 2.48. The Kier molecular flexibility index (Phi) is 2.13. The third-order valence-corrected chi connectivity index (χ3v) is 3.22. The summed E-state index contributed by atoms with van der Waals surface area (Å²) in [4.78, 5) is 10.7. The molecule has 2 nitrogen and oxygen atoms in total. The Labute approximate surface area is 85.8 Å². The van der Waals surface area contributed by atoms with Crippen molar-refractivity contribution in [1.82, 2.24) is 0 Å². The van der Waals surface area contributed by atoms with Crippen LogP contribution < -0.4 is 0 Å². The Hall–Kier alpha value is -1.19. The van der Waals surface area contributed by atoms with E-state index in [2.05, 4.69) is 0 Å². The molecule has 0 spiro atoms. The molecule has 1 unspecified atom stereocenters. The molecule has 0 aliphatic rings. The van der Waals surface area contributed by atoms with E-state index in [4.69, 9.17) is 0 Å². The summed E-state index contributed by atoms with van der Waals surface area (Å²) < 4.78 is 0.976. The zero-order chi connectivity index (χ0) is 10.2. The minimum Gasteiger partial charge on any atom is -0.378 e. The molecule has 0 amide bonds. The predicted octanol–water partition coefficient (Wildman–Crippen LogP) is 2.31. The molecule has 14 heavy (non-hydrogen) atoms. The van der Waals surface area contributed by atoms with E-state index in [0.717, 1.165) is 10.1 Å². The molecule has 0 fully saturated rings. The zero-order valence-electron chi connectivity index (χ0n) is 7.73. The van der Waals surface area contributed by atoms with Crippen molar-refractivity contribution in [2.75, 3.05) is 0 Å². The first-order valence-corrected chi connectivity index (χ1v) is 5.18. The molecule has 0 aliphatic carbocycles. The summed E-state index contributed by atoms with van der Waals surface area (Å²) in [7, 11) is 0. The van der Waals surface area contributed by atoms with E-state index in [1.54, 1.807) is 6.07 Å². The summed E-state index contributed by atoms with van der Waals surface area (Å²) in [6.45, 7) is 1.51. The highest BCUT2D eigenvalue weighted by atomic mass is 32.1. The highest BCUT2D eigenvalue weighted by Gasteiger charge is 2.24. The fraction of sp³-hybridized carbons (Fsp3) is 0.182. The fourth-order valence-electron chi connectivity index (χ4n) is 1.46. The number of thiophene rings is 1. The molecule has 72 valence electrons. The monoisotopic (exact) mass is 206 g/mol. The molecule has 1 heterocycles. The molecular formula is C11H10O2S. The Balaban J connectivity index is 2.73. The SMILES string of the molecule is CC(O)(C=O)c1cccc2ccsc12. The van der Waals surface area contributed by atoms with Gasteiger partial charge in [0.05, 0.1) is 0 Å². The van der Waals surface area contributed by atoms with Crippen LogP contribution in [0.3, 0.4) is 0 Å². The van der Waals surface area contributed by atoms with Crippen molar-refractivity contribution in [2.24, 2.45) is 0 Å². The second-order valence-corrected chi connectivity index (χ2v) is 4.33. The predicted molar refractivity (Wildman–Crippen MR) is 57.5 cm³/mol. The maximum atomic E-state index is 10.7. The minimum atomic E-state index is -1.38. The van der Waals surface area contributed by atoms with Gasteiger partial charge in [-0.1, -0.05) is 18.2 Å². The average Bonchev–Trinajstić information content (AvgIpc) is 2.64. The number of aldehydes is 1. The molecule has 1 N–H and O–H groups in total. The number of carbonyl (C=O) groups excluding carboxylic acids is 1. The topological polar surface area (TPSA) is 37.3 Å². The summed E-state index contributed by atoms with van der Waals surface area (Å²) in [5.41, 5.74) is -0.704. The van der Waals surface area contributed by atoms with Gasteiger partial charge in [-0.25, -0.2) is 0 Å². The summed E-state index contributed by atoms with van der Waals surface area (Å²) >= 11 is 1.54. The summed E-state index contributed by atoms with van der Waals surface area (Å²) in [6.07, 6.45) is 0.571. The molecule has 0 bridgehead atoms. The standard InChI is InChI=1S/C11H10O2S/c1-11(13,7-12)9-4-2-3-8-5-6-14-10(8)9/h2-7,13H,1H3. The first-order chi connectivity index (χ1) is 6.65. The van der Waals surface area contributed by atoms with Gasteiger partial charge < -0.3 is 5.11 Å². The Morgan fingerprint density at radius 3 is 2.93 bits per heavy atom. The summed E-state index contributed by atoms with van der Waals surface area (Å²) in [5.74, 6) is 0. The lowest BCUT2D eigenvalue weighted by molar-refractivity contribution is -0.123. The number of carbonyl (C=O) groups is 1. The Morgan fingerprint density at radius 1 is 1.43 bits per heavy atom. The van der Waals surface area contributed by atoms with Crippen LogP contribution in [0.15, 0.2) is 29.6 Å². The smallest absolute Gasteiger partial charge is 0.155 e. The maximum Gasteiger partial charge on any atom is 0.155 e. The highest BCUT2D eigenvalue weighted by Crippen LogP contribution is 2.31. The molecule has 1 atom stereocenters. The van der Waals surface area contributed by atoms with Gasteiger partial charge in [-0.05, 0) is 23.8 Å². The molecule has 1 aromatic carbocycles. The van der Waals surface area contributed by atoms with E-state index >= 15 is 0 Å². The van der Waals surface area contributed by atoms with Crippen LogP contribution in [0.4, 0.5) is 0 Å².